The topological polar surface area (TPSA) is 53.3 Å². The van der Waals surface area contributed by atoms with Crippen LogP contribution in [-0.2, 0) is 10.2 Å². The summed E-state index contributed by atoms with van der Waals surface area (Å²) in [6, 6.07) is 7.86. The van der Waals surface area contributed by atoms with Gasteiger partial charge in [0.15, 0.2) is 5.78 Å². The van der Waals surface area contributed by atoms with Crippen LogP contribution in [0.25, 0.3) is 0 Å². The van der Waals surface area contributed by atoms with E-state index in [2.05, 4.69) is 6.07 Å². The molecule has 0 atom stereocenters. The van der Waals surface area contributed by atoms with E-state index in [1.54, 1.807) is 7.11 Å². The number of anilines is 1. The Morgan fingerprint density at radius 2 is 2.05 bits per heavy atom. The number of ketones is 1. The minimum absolute atomic E-state index is 0.206. The average molecular weight is 270 g/mol. The molecule has 4 heteroatoms. The number of ether oxygens (including phenoxy) is 1. The second kappa shape index (κ2) is 4.68. The number of likely N-dealkylation sites (N-methyl/N-ethyl adjacent to an activating group) is 1. The number of Topliss-reactive ketones (excluding diaryl/α,β-unsaturated/α-hetero) is 1. The monoisotopic (exact) mass is 270 g/mol. The van der Waals surface area contributed by atoms with E-state index in [0.29, 0.717) is 0 Å². The summed E-state index contributed by atoms with van der Waals surface area (Å²) >= 11 is 0. The van der Waals surface area contributed by atoms with E-state index in [1.807, 2.05) is 44.0 Å². The average Bonchev–Trinajstić information content (AvgIpc) is 2.60. The molecule has 1 aromatic rings. The van der Waals surface area contributed by atoms with E-state index in [-0.39, 0.29) is 11.4 Å². The Hall–Kier alpha value is -2.28. The van der Waals surface area contributed by atoms with Crippen LogP contribution in [0.2, 0.25) is 0 Å². The van der Waals surface area contributed by atoms with Crippen LogP contribution < -0.4 is 9.64 Å². The number of carbonyl (C=O) groups is 1. The van der Waals surface area contributed by atoms with Crippen molar-refractivity contribution in [2.24, 2.45) is 0 Å². The van der Waals surface area contributed by atoms with Gasteiger partial charge < -0.3 is 9.64 Å². The Labute approximate surface area is 119 Å². The number of benzene rings is 1. The van der Waals surface area contributed by atoms with Gasteiger partial charge in [0, 0.05) is 23.8 Å². The van der Waals surface area contributed by atoms with Crippen LogP contribution in [0.1, 0.15) is 26.3 Å². The Morgan fingerprint density at radius 1 is 1.40 bits per heavy atom. The lowest BCUT2D eigenvalue weighted by Crippen LogP contribution is -2.26. The normalized spacial score (nSPS) is 18.3. The molecule has 1 heterocycles. The SMILES string of the molecule is COc1ccc2c(c1)C(C)(C)C(=C(C#N)C(C)=O)N2C. The summed E-state index contributed by atoms with van der Waals surface area (Å²) in [6.45, 7) is 5.47. The largest absolute Gasteiger partial charge is 0.497 e. The van der Waals surface area contributed by atoms with Crippen molar-refractivity contribution in [2.75, 3.05) is 19.1 Å². The molecule has 0 bridgehead atoms. The molecule has 0 N–H and O–H groups in total. The van der Waals surface area contributed by atoms with E-state index < -0.39 is 5.41 Å². The number of hydrogen-bond donors (Lipinski definition) is 0. The molecule has 0 aliphatic carbocycles. The maximum Gasteiger partial charge on any atom is 0.172 e. The number of nitrogens with zero attached hydrogens (tertiary/aromatic N) is 2. The number of carbonyl (C=O) groups excluding carboxylic acids is 1. The van der Waals surface area contributed by atoms with E-state index in [1.165, 1.54) is 6.92 Å². The van der Waals surface area contributed by atoms with Gasteiger partial charge in [-0.3, -0.25) is 4.79 Å². The predicted molar refractivity (Wildman–Crippen MR) is 77.7 cm³/mol. The second-order valence-corrected chi connectivity index (χ2v) is 5.46. The van der Waals surface area contributed by atoms with Gasteiger partial charge in [0.2, 0.25) is 0 Å². The second-order valence-electron chi connectivity index (χ2n) is 5.46. The van der Waals surface area contributed by atoms with Crippen molar-refractivity contribution in [3.8, 4) is 11.8 Å². The molecule has 2 rings (SSSR count). The number of fused-ring (bicyclic) bond motifs is 1. The number of nitriles is 1. The van der Waals surface area contributed by atoms with Gasteiger partial charge in [0.1, 0.15) is 17.4 Å². The fourth-order valence-corrected chi connectivity index (χ4v) is 2.88. The van der Waals surface area contributed by atoms with Crippen LogP contribution in [0.15, 0.2) is 29.5 Å². The molecule has 1 aliphatic heterocycles. The molecular formula is C16H18N2O2. The zero-order valence-corrected chi connectivity index (χ0v) is 12.4. The van der Waals surface area contributed by atoms with E-state index in [4.69, 9.17) is 4.74 Å². The van der Waals surface area contributed by atoms with Gasteiger partial charge in [-0.2, -0.15) is 5.26 Å². The summed E-state index contributed by atoms with van der Waals surface area (Å²) < 4.78 is 5.27. The highest BCUT2D eigenvalue weighted by Gasteiger charge is 2.41. The lowest BCUT2D eigenvalue weighted by molar-refractivity contribution is -0.113. The summed E-state index contributed by atoms with van der Waals surface area (Å²) in [5.74, 6) is 0.565. The van der Waals surface area contributed by atoms with Crippen molar-refractivity contribution >= 4 is 11.5 Å². The third-order valence-electron chi connectivity index (χ3n) is 3.87. The Kier molecular flexibility index (Phi) is 3.31. The molecule has 104 valence electrons. The van der Waals surface area contributed by atoms with E-state index in [0.717, 1.165) is 22.7 Å². The highest BCUT2D eigenvalue weighted by Crippen LogP contribution is 2.49. The zero-order chi connectivity index (χ0) is 15.1. The molecule has 0 fully saturated rings. The maximum atomic E-state index is 11.7. The molecule has 4 nitrogen and oxygen atoms in total. The van der Waals surface area contributed by atoms with Gasteiger partial charge in [-0.1, -0.05) is 13.8 Å². The Bertz CT molecular complexity index is 651. The van der Waals surface area contributed by atoms with Crippen molar-refractivity contribution in [2.45, 2.75) is 26.2 Å². The minimum atomic E-state index is -0.407. The van der Waals surface area contributed by atoms with Crippen molar-refractivity contribution in [1.29, 1.82) is 5.26 Å². The molecule has 0 saturated heterocycles. The number of methoxy groups -OCH3 is 1. The summed E-state index contributed by atoms with van der Waals surface area (Å²) in [6.07, 6.45) is 0. The van der Waals surface area contributed by atoms with Crippen LogP contribution in [0.4, 0.5) is 5.69 Å². The number of hydrogen-bond acceptors (Lipinski definition) is 4. The molecular weight excluding hydrogens is 252 g/mol. The lowest BCUT2D eigenvalue weighted by atomic mass is 9.81. The van der Waals surface area contributed by atoms with Crippen LogP contribution in [-0.4, -0.2) is 19.9 Å². The lowest BCUT2D eigenvalue weighted by Gasteiger charge is -2.25. The molecule has 1 aromatic carbocycles. The molecule has 20 heavy (non-hydrogen) atoms. The van der Waals surface area contributed by atoms with Gasteiger partial charge in [-0.25, -0.2) is 0 Å². The first-order valence-electron chi connectivity index (χ1n) is 6.42. The number of rotatable bonds is 2. The quantitative estimate of drug-likeness (QED) is 0.612. The third-order valence-corrected chi connectivity index (χ3v) is 3.87. The fourth-order valence-electron chi connectivity index (χ4n) is 2.88. The van der Waals surface area contributed by atoms with Gasteiger partial charge in [0.25, 0.3) is 0 Å². The predicted octanol–water partition coefficient (Wildman–Crippen LogP) is 2.79. The first-order valence-corrected chi connectivity index (χ1v) is 6.42. The highest BCUT2D eigenvalue weighted by molar-refractivity contribution is 5.99. The van der Waals surface area contributed by atoms with Crippen molar-refractivity contribution in [3.05, 3.63) is 35.0 Å². The molecule has 1 aliphatic rings. The maximum absolute atomic E-state index is 11.7. The number of allylic oxidation sites excluding steroid dienone is 2. The van der Waals surface area contributed by atoms with Gasteiger partial charge >= 0.3 is 0 Å². The van der Waals surface area contributed by atoms with E-state index >= 15 is 0 Å². The van der Waals surface area contributed by atoms with Gasteiger partial charge in [0.05, 0.1) is 7.11 Å². The molecule has 0 saturated carbocycles. The fraction of sp³-hybridized carbons (Fsp3) is 0.375. The van der Waals surface area contributed by atoms with Crippen LogP contribution >= 0.6 is 0 Å². The Balaban J connectivity index is 2.74. The zero-order valence-electron chi connectivity index (χ0n) is 12.4. The summed E-state index contributed by atoms with van der Waals surface area (Å²) in [4.78, 5) is 13.7. The first kappa shape index (κ1) is 14.1. The summed E-state index contributed by atoms with van der Waals surface area (Å²) in [5.41, 5.74) is 2.61. The Morgan fingerprint density at radius 3 is 2.55 bits per heavy atom. The summed E-state index contributed by atoms with van der Waals surface area (Å²) in [7, 11) is 3.51. The molecule has 0 aromatic heterocycles. The van der Waals surface area contributed by atoms with Crippen molar-refractivity contribution in [1.82, 2.24) is 0 Å². The van der Waals surface area contributed by atoms with E-state index in [9.17, 15) is 10.1 Å². The highest BCUT2D eigenvalue weighted by atomic mass is 16.5. The van der Waals surface area contributed by atoms with Crippen LogP contribution in [0.3, 0.4) is 0 Å². The first-order chi connectivity index (χ1) is 9.34. The molecule has 0 radical (unpaired) electrons. The molecule has 0 spiro atoms. The smallest absolute Gasteiger partial charge is 0.172 e. The minimum Gasteiger partial charge on any atom is -0.497 e. The van der Waals surface area contributed by atoms with Crippen LogP contribution in [0.5, 0.6) is 5.75 Å². The van der Waals surface area contributed by atoms with Gasteiger partial charge in [-0.15, -0.1) is 0 Å². The molecule has 0 unspecified atom stereocenters. The van der Waals surface area contributed by atoms with Crippen molar-refractivity contribution < 1.29 is 9.53 Å². The van der Waals surface area contributed by atoms with Crippen LogP contribution in [0, 0.1) is 11.3 Å². The molecule has 0 amide bonds. The third kappa shape index (κ3) is 1.87. The summed E-state index contributed by atoms with van der Waals surface area (Å²) in [5, 5.41) is 9.31. The standard InChI is InChI=1S/C16H18N2O2/c1-10(19)12(9-17)15-16(2,3)13-8-11(20-5)6-7-14(13)18(15)4/h6-8H,1-5H3. The van der Waals surface area contributed by atoms with Gasteiger partial charge in [-0.05, 0) is 30.7 Å². The van der Waals surface area contributed by atoms with Crippen molar-refractivity contribution in [3.63, 3.8) is 0 Å².